The summed E-state index contributed by atoms with van der Waals surface area (Å²) in [4.78, 5) is 26.2. The number of carbonyl (C=O) groups excluding carboxylic acids is 2. The van der Waals surface area contributed by atoms with Gasteiger partial charge in [-0.2, -0.15) is 0 Å². The van der Waals surface area contributed by atoms with E-state index in [1.54, 1.807) is 0 Å². The fourth-order valence-electron chi connectivity index (χ4n) is 2.92. The molecular formula is C21H27N3O2. The Morgan fingerprint density at radius 1 is 0.962 bits per heavy atom. The number of hydrogen-bond donors (Lipinski definition) is 2. The highest BCUT2D eigenvalue weighted by molar-refractivity contribution is 5.91. The molecule has 0 spiro atoms. The summed E-state index contributed by atoms with van der Waals surface area (Å²) >= 11 is 0. The quantitative estimate of drug-likeness (QED) is 0.760. The van der Waals surface area contributed by atoms with E-state index in [-0.39, 0.29) is 24.3 Å². The number of carbonyl (C=O) groups is 2. The molecule has 1 atom stereocenters. The molecule has 5 heteroatoms. The van der Waals surface area contributed by atoms with Gasteiger partial charge in [0.1, 0.15) is 0 Å². The Kier molecular flexibility index (Phi) is 7.21. The Balaban J connectivity index is 2.02. The average molecular weight is 353 g/mol. The molecule has 2 N–H and O–H groups in total. The zero-order chi connectivity index (χ0) is 18.9. The van der Waals surface area contributed by atoms with Crippen LogP contribution in [0.15, 0.2) is 54.6 Å². The highest BCUT2D eigenvalue weighted by atomic mass is 16.2. The van der Waals surface area contributed by atoms with E-state index in [0.29, 0.717) is 0 Å². The molecule has 5 nitrogen and oxygen atoms in total. The van der Waals surface area contributed by atoms with Crippen LogP contribution in [0.1, 0.15) is 38.8 Å². The summed E-state index contributed by atoms with van der Waals surface area (Å²) in [6.45, 7) is 7.57. The van der Waals surface area contributed by atoms with Gasteiger partial charge in [0.2, 0.25) is 11.8 Å². The molecule has 2 aromatic rings. The standard InChI is InChI=1S/C21H27N3O2/c1-4-24(5-2)19-13-11-18(12-14-19)23-21(26)15-20(22-16(3)25)17-9-7-6-8-10-17/h6-14,20H,4-5,15H2,1-3H3,(H,22,25)(H,23,26). The highest BCUT2D eigenvalue weighted by Crippen LogP contribution is 2.20. The first-order chi connectivity index (χ1) is 12.5. The van der Waals surface area contributed by atoms with Gasteiger partial charge in [-0.15, -0.1) is 0 Å². The summed E-state index contributed by atoms with van der Waals surface area (Å²) in [6, 6.07) is 17.0. The smallest absolute Gasteiger partial charge is 0.226 e. The molecule has 1 unspecified atom stereocenters. The van der Waals surface area contributed by atoms with Gasteiger partial charge in [0.25, 0.3) is 0 Å². The van der Waals surface area contributed by atoms with Crippen molar-refractivity contribution in [1.82, 2.24) is 5.32 Å². The predicted octanol–water partition coefficient (Wildman–Crippen LogP) is 3.74. The van der Waals surface area contributed by atoms with Crippen LogP contribution in [0.2, 0.25) is 0 Å². The molecule has 0 aliphatic rings. The Labute approximate surface area is 155 Å². The lowest BCUT2D eigenvalue weighted by atomic mass is 10.0. The summed E-state index contributed by atoms with van der Waals surface area (Å²) in [5.74, 6) is -0.293. The second kappa shape index (κ2) is 9.61. The monoisotopic (exact) mass is 353 g/mol. The topological polar surface area (TPSA) is 61.4 Å². The van der Waals surface area contributed by atoms with Gasteiger partial charge in [-0.3, -0.25) is 9.59 Å². The number of anilines is 2. The van der Waals surface area contributed by atoms with Gasteiger partial charge in [0.15, 0.2) is 0 Å². The van der Waals surface area contributed by atoms with E-state index < -0.39 is 0 Å². The third kappa shape index (κ3) is 5.62. The minimum absolute atomic E-state index is 0.136. The molecular weight excluding hydrogens is 326 g/mol. The van der Waals surface area contributed by atoms with Crippen molar-refractivity contribution in [2.75, 3.05) is 23.3 Å². The maximum Gasteiger partial charge on any atom is 0.226 e. The summed E-state index contributed by atoms with van der Waals surface area (Å²) in [5.41, 5.74) is 2.80. The van der Waals surface area contributed by atoms with E-state index in [9.17, 15) is 9.59 Å². The van der Waals surface area contributed by atoms with Crippen molar-refractivity contribution in [3.05, 3.63) is 60.2 Å². The number of hydrogen-bond acceptors (Lipinski definition) is 3. The number of benzene rings is 2. The van der Waals surface area contributed by atoms with Gasteiger partial charge in [0, 0.05) is 31.4 Å². The first kappa shape index (κ1) is 19.5. The second-order valence-electron chi connectivity index (χ2n) is 6.14. The maximum absolute atomic E-state index is 12.4. The summed E-state index contributed by atoms with van der Waals surface area (Å²) in [7, 11) is 0. The SMILES string of the molecule is CCN(CC)c1ccc(NC(=O)CC(NC(C)=O)c2ccccc2)cc1. The van der Waals surface area contributed by atoms with E-state index in [4.69, 9.17) is 0 Å². The van der Waals surface area contributed by atoms with E-state index in [1.807, 2.05) is 54.6 Å². The molecule has 2 amide bonds. The molecule has 0 aromatic heterocycles. The second-order valence-corrected chi connectivity index (χ2v) is 6.14. The normalized spacial score (nSPS) is 11.5. The lowest BCUT2D eigenvalue weighted by molar-refractivity contribution is -0.120. The van der Waals surface area contributed by atoms with Crippen molar-refractivity contribution in [1.29, 1.82) is 0 Å². The molecule has 0 radical (unpaired) electrons. The number of nitrogens with zero attached hydrogens (tertiary/aromatic N) is 1. The van der Waals surface area contributed by atoms with Crippen LogP contribution in [0, 0.1) is 0 Å². The van der Waals surface area contributed by atoms with Gasteiger partial charge in [0.05, 0.1) is 12.5 Å². The molecule has 2 rings (SSSR count). The average Bonchev–Trinajstić information content (AvgIpc) is 2.64. The molecule has 0 fully saturated rings. The number of nitrogens with one attached hydrogen (secondary N) is 2. The fraction of sp³-hybridized carbons (Fsp3) is 0.333. The van der Waals surface area contributed by atoms with Crippen molar-refractivity contribution in [3.8, 4) is 0 Å². The van der Waals surface area contributed by atoms with Gasteiger partial charge in [-0.25, -0.2) is 0 Å². The van der Waals surface area contributed by atoms with Gasteiger partial charge in [-0.05, 0) is 43.7 Å². The Morgan fingerprint density at radius 2 is 1.58 bits per heavy atom. The summed E-state index contributed by atoms with van der Waals surface area (Å²) in [6.07, 6.45) is 0.182. The lowest BCUT2D eigenvalue weighted by Crippen LogP contribution is -2.29. The molecule has 0 aliphatic carbocycles. The van der Waals surface area contributed by atoms with Gasteiger partial charge >= 0.3 is 0 Å². The van der Waals surface area contributed by atoms with Crippen molar-refractivity contribution in [2.24, 2.45) is 0 Å². The van der Waals surface area contributed by atoms with Gasteiger partial charge in [-0.1, -0.05) is 30.3 Å². The number of amides is 2. The Morgan fingerprint density at radius 3 is 2.12 bits per heavy atom. The van der Waals surface area contributed by atoms with E-state index in [2.05, 4.69) is 29.4 Å². The molecule has 2 aromatic carbocycles. The maximum atomic E-state index is 12.4. The fourth-order valence-corrected chi connectivity index (χ4v) is 2.92. The highest BCUT2D eigenvalue weighted by Gasteiger charge is 2.17. The Bertz CT molecular complexity index is 710. The van der Waals surface area contributed by atoms with Crippen LogP contribution in [0.3, 0.4) is 0 Å². The zero-order valence-electron chi connectivity index (χ0n) is 15.7. The van der Waals surface area contributed by atoms with E-state index in [1.165, 1.54) is 6.92 Å². The van der Waals surface area contributed by atoms with Crippen molar-refractivity contribution < 1.29 is 9.59 Å². The molecule has 0 saturated heterocycles. The van der Waals surface area contributed by atoms with Crippen molar-refractivity contribution in [3.63, 3.8) is 0 Å². The molecule has 0 heterocycles. The Hall–Kier alpha value is -2.82. The van der Waals surface area contributed by atoms with Crippen LogP contribution in [0.4, 0.5) is 11.4 Å². The van der Waals surface area contributed by atoms with Crippen LogP contribution in [0.5, 0.6) is 0 Å². The third-order valence-corrected chi connectivity index (χ3v) is 4.25. The van der Waals surface area contributed by atoms with Crippen LogP contribution in [-0.4, -0.2) is 24.9 Å². The third-order valence-electron chi connectivity index (χ3n) is 4.25. The summed E-state index contributed by atoms with van der Waals surface area (Å²) < 4.78 is 0. The minimum Gasteiger partial charge on any atom is -0.372 e. The molecule has 26 heavy (non-hydrogen) atoms. The molecule has 138 valence electrons. The van der Waals surface area contributed by atoms with Crippen LogP contribution in [0.25, 0.3) is 0 Å². The first-order valence-electron chi connectivity index (χ1n) is 9.00. The van der Waals surface area contributed by atoms with Crippen LogP contribution in [-0.2, 0) is 9.59 Å². The summed E-state index contributed by atoms with van der Waals surface area (Å²) in [5, 5.41) is 5.75. The molecule has 0 saturated carbocycles. The first-order valence-corrected chi connectivity index (χ1v) is 9.00. The van der Waals surface area contributed by atoms with Crippen molar-refractivity contribution >= 4 is 23.2 Å². The predicted molar refractivity (Wildman–Crippen MR) is 106 cm³/mol. The van der Waals surface area contributed by atoms with Crippen LogP contribution < -0.4 is 15.5 Å². The van der Waals surface area contributed by atoms with E-state index in [0.717, 1.165) is 30.0 Å². The molecule has 0 aliphatic heterocycles. The lowest BCUT2D eigenvalue weighted by Gasteiger charge is -2.21. The van der Waals surface area contributed by atoms with E-state index >= 15 is 0 Å². The largest absolute Gasteiger partial charge is 0.372 e. The number of rotatable bonds is 8. The van der Waals surface area contributed by atoms with Crippen molar-refractivity contribution in [2.45, 2.75) is 33.2 Å². The van der Waals surface area contributed by atoms with Crippen LogP contribution >= 0.6 is 0 Å². The zero-order valence-corrected chi connectivity index (χ0v) is 15.7. The van der Waals surface area contributed by atoms with Gasteiger partial charge < -0.3 is 15.5 Å². The molecule has 0 bridgehead atoms. The minimum atomic E-state index is -0.344.